The number of hydrogen-bond donors (Lipinski definition) is 1. The number of rotatable bonds is 4. The first-order valence-electron chi connectivity index (χ1n) is 7.70. The summed E-state index contributed by atoms with van der Waals surface area (Å²) in [5.41, 5.74) is 3.10. The number of hydrogen-bond acceptors (Lipinski definition) is 3. The normalized spacial score (nSPS) is 10.7. The number of halogens is 2. The molecule has 6 heteroatoms. The first kappa shape index (κ1) is 17.2. The van der Waals surface area contributed by atoms with Crippen LogP contribution in [-0.2, 0) is 11.2 Å². The molecule has 0 unspecified atom stereocenters. The van der Waals surface area contributed by atoms with Crippen LogP contribution in [0.15, 0.2) is 42.5 Å². The molecule has 0 saturated carbocycles. The lowest BCUT2D eigenvalue weighted by atomic mass is 10.1. The number of anilines is 1. The predicted molar refractivity (Wildman–Crippen MR) is 95.7 cm³/mol. The van der Waals surface area contributed by atoms with Gasteiger partial charge in [0.1, 0.15) is 0 Å². The smallest absolute Gasteiger partial charge is 0.229 e. The molecule has 2 aromatic carbocycles. The molecule has 1 aromatic heterocycles. The fraction of sp³-hybridized carbons (Fsp3) is 0.158. The van der Waals surface area contributed by atoms with Gasteiger partial charge in [-0.15, -0.1) is 11.3 Å². The summed E-state index contributed by atoms with van der Waals surface area (Å²) in [5.74, 6) is -2.24. The van der Waals surface area contributed by atoms with Crippen LogP contribution in [0, 0.1) is 25.5 Å². The number of carbonyl (C=O) groups excluding carboxylic acids is 1. The van der Waals surface area contributed by atoms with Crippen LogP contribution in [0.4, 0.5) is 14.5 Å². The van der Waals surface area contributed by atoms with Crippen molar-refractivity contribution in [2.24, 2.45) is 0 Å². The molecule has 25 heavy (non-hydrogen) atoms. The lowest BCUT2D eigenvalue weighted by molar-refractivity contribution is -0.115. The van der Waals surface area contributed by atoms with E-state index in [2.05, 4.69) is 10.3 Å². The van der Waals surface area contributed by atoms with E-state index in [0.717, 1.165) is 38.8 Å². The minimum atomic E-state index is -0.994. The van der Waals surface area contributed by atoms with Gasteiger partial charge in [-0.05, 0) is 26.0 Å². The minimum Gasteiger partial charge on any atom is -0.326 e. The molecule has 3 nitrogen and oxygen atoms in total. The summed E-state index contributed by atoms with van der Waals surface area (Å²) in [6.45, 7) is 3.89. The Bertz CT molecular complexity index is 920. The summed E-state index contributed by atoms with van der Waals surface area (Å²) < 4.78 is 26.2. The van der Waals surface area contributed by atoms with Gasteiger partial charge < -0.3 is 5.32 Å². The predicted octanol–water partition coefficient (Wildman–Crippen LogP) is 4.89. The van der Waals surface area contributed by atoms with Gasteiger partial charge in [0.2, 0.25) is 5.91 Å². The van der Waals surface area contributed by atoms with Gasteiger partial charge in [-0.1, -0.05) is 29.8 Å². The Hall–Kier alpha value is -2.60. The first-order valence-corrected chi connectivity index (χ1v) is 8.52. The SMILES string of the molecule is Cc1ccc(-c2nc(C)sc2CC(=O)Nc2ccc(F)c(F)c2)cc1. The molecule has 1 heterocycles. The zero-order valence-corrected chi connectivity index (χ0v) is 14.6. The minimum absolute atomic E-state index is 0.119. The highest BCUT2D eigenvalue weighted by molar-refractivity contribution is 7.12. The van der Waals surface area contributed by atoms with Crippen molar-refractivity contribution in [2.75, 3.05) is 5.32 Å². The second-order valence-corrected chi connectivity index (χ2v) is 7.01. The standard InChI is InChI=1S/C19H16F2N2OS/c1-11-3-5-13(6-4-11)19-17(25-12(2)22-19)10-18(24)23-14-7-8-15(20)16(21)9-14/h3-9H,10H2,1-2H3,(H,23,24). The lowest BCUT2D eigenvalue weighted by Crippen LogP contribution is -2.14. The summed E-state index contributed by atoms with van der Waals surface area (Å²) in [6, 6.07) is 11.2. The summed E-state index contributed by atoms with van der Waals surface area (Å²) in [7, 11) is 0. The highest BCUT2D eigenvalue weighted by Gasteiger charge is 2.15. The van der Waals surface area contributed by atoms with Crippen LogP contribution in [0.1, 0.15) is 15.4 Å². The second-order valence-electron chi connectivity index (χ2n) is 5.72. The third kappa shape index (κ3) is 4.09. The number of nitrogens with zero attached hydrogens (tertiary/aromatic N) is 1. The van der Waals surface area contributed by atoms with Crippen molar-refractivity contribution in [1.82, 2.24) is 4.98 Å². The molecule has 0 aliphatic carbocycles. The van der Waals surface area contributed by atoms with Gasteiger partial charge in [0.25, 0.3) is 0 Å². The van der Waals surface area contributed by atoms with E-state index in [1.54, 1.807) is 0 Å². The van der Waals surface area contributed by atoms with Crippen molar-refractivity contribution >= 4 is 22.9 Å². The fourth-order valence-electron chi connectivity index (χ4n) is 2.45. The van der Waals surface area contributed by atoms with Crippen molar-refractivity contribution < 1.29 is 13.6 Å². The van der Waals surface area contributed by atoms with Gasteiger partial charge in [0.15, 0.2) is 11.6 Å². The Morgan fingerprint density at radius 1 is 1.08 bits per heavy atom. The molecule has 0 aliphatic heterocycles. The number of amides is 1. The highest BCUT2D eigenvalue weighted by Crippen LogP contribution is 2.29. The molecule has 0 saturated heterocycles. The average molecular weight is 358 g/mol. The van der Waals surface area contributed by atoms with Crippen molar-refractivity contribution in [2.45, 2.75) is 20.3 Å². The summed E-state index contributed by atoms with van der Waals surface area (Å²) >= 11 is 1.45. The number of benzene rings is 2. The van der Waals surface area contributed by atoms with Gasteiger partial charge >= 0.3 is 0 Å². The van der Waals surface area contributed by atoms with Crippen molar-refractivity contribution in [3.05, 3.63) is 69.5 Å². The Labute approximate surface area is 148 Å². The Morgan fingerprint density at radius 3 is 2.48 bits per heavy atom. The zero-order valence-electron chi connectivity index (χ0n) is 13.8. The van der Waals surface area contributed by atoms with Crippen molar-refractivity contribution in [1.29, 1.82) is 0 Å². The first-order chi connectivity index (χ1) is 11.9. The molecule has 0 aliphatic rings. The van der Waals surface area contributed by atoms with Crippen LogP contribution in [0.5, 0.6) is 0 Å². The number of nitrogens with one attached hydrogen (secondary N) is 1. The number of carbonyl (C=O) groups is 1. The Kier molecular flexibility index (Phi) is 4.90. The third-order valence-electron chi connectivity index (χ3n) is 3.65. The van der Waals surface area contributed by atoms with Crippen LogP contribution in [0.3, 0.4) is 0 Å². The van der Waals surface area contributed by atoms with Crippen LogP contribution < -0.4 is 5.32 Å². The van der Waals surface area contributed by atoms with Crippen LogP contribution in [-0.4, -0.2) is 10.9 Å². The van der Waals surface area contributed by atoms with Crippen LogP contribution in [0.25, 0.3) is 11.3 Å². The van der Waals surface area contributed by atoms with E-state index in [-0.39, 0.29) is 18.0 Å². The van der Waals surface area contributed by atoms with Gasteiger partial charge in [-0.2, -0.15) is 0 Å². The van der Waals surface area contributed by atoms with Crippen molar-refractivity contribution in [3.8, 4) is 11.3 Å². The van der Waals surface area contributed by atoms with E-state index in [9.17, 15) is 13.6 Å². The van der Waals surface area contributed by atoms with E-state index in [0.29, 0.717) is 0 Å². The monoisotopic (exact) mass is 358 g/mol. The van der Waals surface area contributed by atoms with Gasteiger partial charge in [0, 0.05) is 22.2 Å². The number of aryl methyl sites for hydroxylation is 2. The second kappa shape index (κ2) is 7.11. The molecule has 0 bridgehead atoms. The van der Waals surface area contributed by atoms with Gasteiger partial charge in [0.05, 0.1) is 17.1 Å². The third-order valence-corrected chi connectivity index (χ3v) is 4.62. The maximum absolute atomic E-state index is 13.2. The summed E-state index contributed by atoms with van der Waals surface area (Å²) in [6.07, 6.45) is 0.119. The Balaban J connectivity index is 1.79. The molecule has 1 N–H and O–H groups in total. The number of aromatic nitrogens is 1. The molecule has 0 fully saturated rings. The Morgan fingerprint density at radius 2 is 1.80 bits per heavy atom. The molecule has 0 atom stereocenters. The zero-order chi connectivity index (χ0) is 18.0. The quantitative estimate of drug-likeness (QED) is 0.722. The topological polar surface area (TPSA) is 42.0 Å². The molecule has 3 aromatic rings. The molecule has 128 valence electrons. The largest absolute Gasteiger partial charge is 0.326 e. The maximum Gasteiger partial charge on any atom is 0.229 e. The van der Waals surface area contributed by atoms with E-state index in [1.807, 2.05) is 38.1 Å². The van der Waals surface area contributed by atoms with Crippen molar-refractivity contribution in [3.63, 3.8) is 0 Å². The molecule has 1 amide bonds. The van der Waals surface area contributed by atoms with E-state index >= 15 is 0 Å². The average Bonchev–Trinajstić information content (AvgIpc) is 2.92. The van der Waals surface area contributed by atoms with E-state index in [4.69, 9.17) is 0 Å². The lowest BCUT2D eigenvalue weighted by Gasteiger charge is -2.06. The number of thiazole rings is 1. The van der Waals surface area contributed by atoms with Gasteiger partial charge in [-0.3, -0.25) is 4.79 Å². The summed E-state index contributed by atoms with van der Waals surface area (Å²) in [5, 5.41) is 3.46. The van der Waals surface area contributed by atoms with Gasteiger partial charge in [-0.25, -0.2) is 13.8 Å². The molecular weight excluding hydrogens is 342 g/mol. The fourth-order valence-corrected chi connectivity index (χ4v) is 3.41. The maximum atomic E-state index is 13.2. The molecular formula is C19H16F2N2OS. The van der Waals surface area contributed by atoms with Crippen LogP contribution in [0.2, 0.25) is 0 Å². The van der Waals surface area contributed by atoms with E-state index in [1.165, 1.54) is 17.4 Å². The molecule has 0 spiro atoms. The van der Waals surface area contributed by atoms with E-state index < -0.39 is 11.6 Å². The molecule has 0 radical (unpaired) electrons. The molecule has 3 rings (SSSR count). The van der Waals surface area contributed by atoms with Crippen LogP contribution >= 0.6 is 11.3 Å². The summed E-state index contributed by atoms with van der Waals surface area (Å²) in [4.78, 5) is 17.6. The highest BCUT2D eigenvalue weighted by atomic mass is 32.1.